The quantitative estimate of drug-likeness (QED) is 0.817. The highest BCUT2D eigenvalue weighted by Gasteiger charge is 2.61. The third kappa shape index (κ3) is 1.94. The molecule has 2 aliphatic rings. The molecule has 2 saturated carbocycles. The van der Waals surface area contributed by atoms with E-state index in [9.17, 15) is 0 Å². The third-order valence-corrected chi connectivity index (χ3v) is 5.94. The van der Waals surface area contributed by atoms with Gasteiger partial charge in [0.15, 0.2) is 0 Å². The first-order valence-electron chi connectivity index (χ1n) is 7.05. The van der Waals surface area contributed by atoms with Crippen LogP contribution in [0.15, 0.2) is 0 Å². The Hall–Kier alpha value is -0.0800. The zero-order valence-electron chi connectivity index (χ0n) is 12.2. The zero-order valence-corrected chi connectivity index (χ0v) is 12.2. The van der Waals surface area contributed by atoms with E-state index < -0.39 is 0 Å². The molecule has 100 valence electrons. The summed E-state index contributed by atoms with van der Waals surface area (Å²) in [6, 6.07) is 0. The Bertz CT molecular complexity index is 297. The van der Waals surface area contributed by atoms with Gasteiger partial charge in [-0.25, -0.2) is 0 Å². The van der Waals surface area contributed by atoms with Crippen LogP contribution in [0, 0.1) is 22.2 Å². The average molecular weight is 239 g/mol. The molecule has 0 saturated heterocycles. The normalized spacial score (nSPS) is 39.9. The summed E-state index contributed by atoms with van der Waals surface area (Å²) < 4.78 is 6.25. The van der Waals surface area contributed by atoms with Gasteiger partial charge in [-0.1, -0.05) is 34.6 Å². The van der Waals surface area contributed by atoms with E-state index in [0.29, 0.717) is 23.5 Å². The molecule has 2 rings (SSSR count). The molecule has 0 aliphatic heterocycles. The molecule has 0 amide bonds. The summed E-state index contributed by atoms with van der Waals surface area (Å²) in [7, 11) is 0. The monoisotopic (exact) mass is 239 g/mol. The van der Waals surface area contributed by atoms with Crippen molar-refractivity contribution in [1.82, 2.24) is 0 Å². The number of hydrogen-bond donors (Lipinski definition) is 1. The summed E-state index contributed by atoms with van der Waals surface area (Å²) in [4.78, 5) is 0. The number of rotatable bonds is 4. The van der Waals surface area contributed by atoms with Crippen molar-refractivity contribution in [2.75, 3.05) is 13.2 Å². The van der Waals surface area contributed by atoms with E-state index in [1.165, 1.54) is 19.3 Å². The second-order valence-electron chi connectivity index (χ2n) is 7.78. The second-order valence-corrected chi connectivity index (χ2v) is 7.78. The minimum Gasteiger partial charge on any atom is -0.377 e. The molecule has 0 spiro atoms. The van der Waals surface area contributed by atoms with E-state index in [1.54, 1.807) is 0 Å². The lowest BCUT2D eigenvalue weighted by Crippen LogP contribution is -2.40. The molecule has 2 nitrogen and oxygen atoms in total. The predicted octanol–water partition coefficient (Wildman–Crippen LogP) is 3.20. The summed E-state index contributed by atoms with van der Waals surface area (Å²) in [6.07, 6.45) is 4.42. The van der Waals surface area contributed by atoms with Crippen LogP contribution in [0.1, 0.15) is 53.9 Å². The van der Waals surface area contributed by atoms with Crippen molar-refractivity contribution in [3.05, 3.63) is 0 Å². The number of nitrogens with two attached hydrogens (primary N) is 1. The average Bonchev–Trinajstić information content (AvgIpc) is 2.58. The molecule has 2 N–H and O–H groups in total. The van der Waals surface area contributed by atoms with Crippen LogP contribution >= 0.6 is 0 Å². The lowest BCUT2D eigenvalue weighted by molar-refractivity contribution is -0.0707. The lowest BCUT2D eigenvalue weighted by Gasteiger charge is -2.40. The number of ether oxygens (including phenoxy) is 1. The maximum atomic E-state index is 6.25. The molecule has 2 fully saturated rings. The smallest absolute Gasteiger partial charge is 0.0637 e. The van der Waals surface area contributed by atoms with E-state index in [-0.39, 0.29) is 5.41 Å². The van der Waals surface area contributed by atoms with Crippen molar-refractivity contribution in [3.63, 3.8) is 0 Å². The molecule has 0 aromatic rings. The van der Waals surface area contributed by atoms with Crippen LogP contribution in [0.4, 0.5) is 0 Å². The number of hydrogen-bond acceptors (Lipinski definition) is 2. The number of fused-ring (bicyclic) bond motifs is 2. The minimum atomic E-state index is 0.113. The van der Waals surface area contributed by atoms with Crippen LogP contribution in [0.2, 0.25) is 0 Å². The molecule has 0 aromatic heterocycles. The maximum absolute atomic E-state index is 6.25. The molecule has 0 aromatic carbocycles. The summed E-state index contributed by atoms with van der Waals surface area (Å²) in [5.74, 6) is 0.860. The van der Waals surface area contributed by atoms with Gasteiger partial charge in [-0.2, -0.15) is 0 Å². The molecule has 2 aliphatic carbocycles. The van der Waals surface area contributed by atoms with E-state index in [4.69, 9.17) is 10.5 Å². The highest BCUT2D eigenvalue weighted by atomic mass is 16.5. The summed E-state index contributed by atoms with van der Waals surface area (Å²) in [5.41, 5.74) is 6.71. The Morgan fingerprint density at radius 1 is 1.29 bits per heavy atom. The maximum Gasteiger partial charge on any atom is 0.0637 e. The first kappa shape index (κ1) is 13.4. The lowest BCUT2D eigenvalue weighted by atomic mass is 9.70. The first-order chi connectivity index (χ1) is 7.73. The molecule has 3 atom stereocenters. The fourth-order valence-electron chi connectivity index (χ4n) is 3.77. The van der Waals surface area contributed by atoms with Gasteiger partial charge in [-0.05, 0) is 42.6 Å². The van der Waals surface area contributed by atoms with Crippen LogP contribution in [-0.4, -0.2) is 19.3 Å². The molecule has 3 unspecified atom stereocenters. The van der Waals surface area contributed by atoms with Crippen molar-refractivity contribution < 1.29 is 4.74 Å². The molecule has 2 heteroatoms. The van der Waals surface area contributed by atoms with Crippen LogP contribution in [0.5, 0.6) is 0 Å². The van der Waals surface area contributed by atoms with Crippen molar-refractivity contribution in [3.8, 4) is 0 Å². The topological polar surface area (TPSA) is 35.2 Å². The Morgan fingerprint density at radius 3 is 2.35 bits per heavy atom. The van der Waals surface area contributed by atoms with Gasteiger partial charge in [0.2, 0.25) is 0 Å². The van der Waals surface area contributed by atoms with Crippen molar-refractivity contribution >= 4 is 0 Å². The minimum absolute atomic E-state index is 0.113. The van der Waals surface area contributed by atoms with Crippen molar-refractivity contribution in [2.24, 2.45) is 27.9 Å². The highest BCUT2D eigenvalue weighted by Crippen LogP contribution is 2.66. The van der Waals surface area contributed by atoms with Gasteiger partial charge in [0.05, 0.1) is 12.7 Å². The largest absolute Gasteiger partial charge is 0.377 e. The van der Waals surface area contributed by atoms with Gasteiger partial charge in [0.1, 0.15) is 0 Å². The van der Waals surface area contributed by atoms with Crippen LogP contribution < -0.4 is 5.73 Å². The van der Waals surface area contributed by atoms with Gasteiger partial charge < -0.3 is 10.5 Å². The second kappa shape index (κ2) is 3.96. The molecular formula is C15H29NO. The van der Waals surface area contributed by atoms with Gasteiger partial charge in [0.25, 0.3) is 0 Å². The highest BCUT2D eigenvalue weighted by molar-refractivity contribution is 5.11. The summed E-state index contributed by atoms with van der Waals surface area (Å²) in [6.45, 7) is 13.2. The summed E-state index contributed by atoms with van der Waals surface area (Å²) >= 11 is 0. The van der Waals surface area contributed by atoms with Crippen molar-refractivity contribution in [1.29, 1.82) is 0 Å². The first-order valence-corrected chi connectivity index (χ1v) is 7.05. The molecule has 17 heavy (non-hydrogen) atoms. The predicted molar refractivity (Wildman–Crippen MR) is 71.8 cm³/mol. The zero-order chi connectivity index (χ0) is 12.9. The van der Waals surface area contributed by atoms with E-state index >= 15 is 0 Å². The van der Waals surface area contributed by atoms with Gasteiger partial charge in [0, 0.05) is 5.41 Å². The van der Waals surface area contributed by atoms with Crippen LogP contribution in [-0.2, 0) is 4.74 Å². The Kier molecular flexibility index (Phi) is 3.11. The van der Waals surface area contributed by atoms with Gasteiger partial charge in [-0.15, -0.1) is 0 Å². The Morgan fingerprint density at radius 2 is 1.94 bits per heavy atom. The van der Waals surface area contributed by atoms with Gasteiger partial charge >= 0.3 is 0 Å². The molecule has 2 bridgehead atoms. The van der Waals surface area contributed by atoms with Crippen LogP contribution in [0.3, 0.4) is 0 Å². The standard InChI is InChI=1S/C15H29NO/c1-13(2,9-16)10-17-12-8-11-6-7-15(12,5)14(11,3)4/h11-12H,6-10,16H2,1-5H3. The van der Waals surface area contributed by atoms with Crippen molar-refractivity contribution in [2.45, 2.75) is 60.0 Å². The van der Waals surface area contributed by atoms with E-state index in [2.05, 4.69) is 34.6 Å². The van der Waals surface area contributed by atoms with E-state index in [1.807, 2.05) is 0 Å². The summed E-state index contributed by atoms with van der Waals surface area (Å²) in [5, 5.41) is 0. The Labute approximate surface area is 106 Å². The Balaban J connectivity index is 2.01. The van der Waals surface area contributed by atoms with Gasteiger partial charge in [-0.3, -0.25) is 0 Å². The molecule has 0 heterocycles. The third-order valence-electron chi connectivity index (χ3n) is 5.94. The molecular weight excluding hydrogens is 210 g/mol. The molecule has 0 radical (unpaired) electrons. The SMILES string of the molecule is CC(C)(CN)COC1CC2CCC1(C)C2(C)C. The fraction of sp³-hybridized carbons (Fsp3) is 1.00. The van der Waals surface area contributed by atoms with Crippen LogP contribution in [0.25, 0.3) is 0 Å². The van der Waals surface area contributed by atoms with E-state index in [0.717, 1.165) is 12.5 Å². The fourth-order valence-corrected chi connectivity index (χ4v) is 3.77.